The summed E-state index contributed by atoms with van der Waals surface area (Å²) in [6.45, 7) is 6.00. The van der Waals surface area contributed by atoms with Crippen LogP contribution in [0.3, 0.4) is 0 Å². The molecule has 1 atom stereocenters. The molecule has 2 aromatic rings. The maximum absolute atomic E-state index is 5.58. The van der Waals surface area contributed by atoms with E-state index in [2.05, 4.69) is 48.4 Å². The van der Waals surface area contributed by atoms with Crippen molar-refractivity contribution in [1.29, 1.82) is 0 Å². The normalized spacial score (nSPS) is 12.1. The lowest BCUT2D eigenvalue weighted by Gasteiger charge is -2.12. The average Bonchev–Trinajstić information content (AvgIpc) is 2.94. The van der Waals surface area contributed by atoms with E-state index in [4.69, 9.17) is 4.74 Å². The van der Waals surface area contributed by atoms with E-state index in [9.17, 15) is 0 Å². The summed E-state index contributed by atoms with van der Waals surface area (Å²) in [7, 11) is 0. The largest absolute Gasteiger partial charge is 0.477 e. The molecular weight excluding hydrogens is 268 g/mol. The minimum atomic E-state index is 0.463. The van der Waals surface area contributed by atoms with Crippen LogP contribution in [-0.4, -0.2) is 18.1 Å². The SMILES string of the molecule is CCCCOc1csc(NCC(C)c2ccccc2)n1. The summed E-state index contributed by atoms with van der Waals surface area (Å²) in [5, 5.41) is 6.27. The first kappa shape index (κ1) is 14.9. The molecule has 3 nitrogen and oxygen atoms in total. The highest BCUT2D eigenvalue weighted by Gasteiger charge is 2.07. The van der Waals surface area contributed by atoms with Crippen LogP contribution in [0.2, 0.25) is 0 Å². The van der Waals surface area contributed by atoms with Crippen LogP contribution in [0, 0.1) is 0 Å². The Morgan fingerprint density at radius 2 is 2.10 bits per heavy atom. The number of rotatable bonds is 8. The van der Waals surface area contributed by atoms with E-state index in [1.807, 2.05) is 11.4 Å². The molecule has 0 bridgehead atoms. The number of benzene rings is 1. The summed E-state index contributed by atoms with van der Waals surface area (Å²) in [5.41, 5.74) is 1.34. The number of nitrogens with zero attached hydrogens (tertiary/aromatic N) is 1. The molecule has 0 saturated carbocycles. The van der Waals surface area contributed by atoms with E-state index in [0.717, 1.165) is 37.0 Å². The molecule has 0 spiro atoms. The molecule has 2 rings (SSSR count). The van der Waals surface area contributed by atoms with Gasteiger partial charge in [-0.3, -0.25) is 0 Å². The fourth-order valence-electron chi connectivity index (χ4n) is 1.87. The van der Waals surface area contributed by atoms with Gasteiger partial charge in [0.15, 0.2) is 5.13 Å². The third-order valence-electron chi connectivity index (χ3n) is 3.16. The predicted molar refractivity (Wildman–Crippen MR) is 85.9 cm³/mol. The highest BCUT2D eigenvalue weighted by molar-refractivity contribution is 7.13. The van der Waals surface area contributed by atoms with Crippen LogP contribution in [0.15, 0.2) is 35.7 Å². The standard InChI is InChI=1S/C16H22N2OS/c1-3-4-10-19-15-12-20-16(18-15)17-11-13(2)14-8-6-5-7-9-14/h5-9,12-13H,3-4,10-11H2,1-2H3,(H,17,18). The maximum Gasteiger partial charge on any atom is 0.226 e. The summed E-state index contributed by atoms with van der Waals surface area (Å²) in [4.78, 5) is 4.43. The van der Waals surface area contributed by atoms with Gasteiger partial charge >= 0.3 is 0 Å². The number of thiazole rings is 1. The van der Waals surface area contributed by atoms with Crippen LogP contribution in [-0.2, 0) is 0 Å². The van der Waals surface area contributed by atoms with Crippen molar-refractivity contribution >= 4 is 16.5 Å². The second-order valence-electron chi connectivity index (χ2n) is 4.89. The zero-order valence-electron chi connectivity index (χ0n) is 12.1. The topological polar surface area (TPSA) is 34.1 Å². The number of hydrogen-bond acceptors (Lipinski definition) is 4. The van der Waals surface area contributed by atoms with Gasteiger partial charge in [0.05, 0.1) is 12.0 Å². The lowest BCUT2D eigenvalue weighted by atomic mass is 10.0. The van der Waals surface area contributed by atoms with Gasteiger partial charge in [0.2, 0.25) is 5.88 Å². The molecule has 1 aromatic heterocycles. The highest BCUT2D eigenvalue weighted by atomic mass is 32.1. The Balaban J connectivity index is 1.79. The van der Waals surface area contributed by atoms with E-state index in [0.29, 0.717) is 5.92 Å². The fraction of sp³-hybridized carbons (Fsp3) is 0.438. The van der Waals surface area contributed by atoms with E-state index < -0.39 is 0 Å². The summed E-state index contributed by atoms with van der Waals surface area (Å²) in [6, 6.07) is 10.5. The average molecular weight is 290 g/mol. The Morgan fingerprint density at radius 3 is 2.85 bits per heavy atom. The molecule has 4 heteroatoms. The van der Waals surface area contributed by atoms with Crippen molar-refractivity contribution in [2.24, 2.45) is 0 Å². The van der Waals surface area contributed by atoms with Gasteiger partial charge < -0.3 is 10.1 Å². The summed E-state index contributed by atoms with van der Waals surface area (Å²) < 4.78 is 5.58. The first-order valence-electron chi connectivity index (χ1n) is 7.16. The molecule has 0 aliphatic carbocycles. The van der Waals surface area contributed by atoms with Gasteiger partial charge in [-0.25, -0.2) is 0 Å². The molecule has 1 heterocycles. The quantitative estimate of drug-likeness (QED) is 0.725. The van der Waals surface area contributed by atoms with Crippen molar-refractivity contribution < 1.29 is 4.74 Å². The van der Waals surface area contributed by atoms with Crippen LogP contribution < -0.4 is 10.1 Å². The van der Waals surface area contributed by atoms with Crippen molar-refractivity contribution in [2.45, 2.75) is 32.6 Å². The third-order valence-corrected chi connectivity index (χ3v) is 3.94. The molecule has 108 valence electrons. The molecule has 20 heavy (non-hydrogen) atoms. The predicted octanol–water partition coefficient (Wildman–Crippen LogP) is 4.54. The van der Waals surface area contributed by atoms with Gasteiger partial charge in [-0.2, -0.15) is 4.98 Å². The molecule has 0 radical (unpaired) electrons. The third kappa shape index (κ3) is 4.53. The fourth-order valence-corrected chi connectivity index (χ4v) is 2.51. The van der Waals surface area contributed by atoms with Crippen LogP contribution in [0.5, 0.6) is 5.88 Å². The van der Waals surface area contributed by atoms with Gasteiger partial charge in [0, 0.05) is 6.54 Å². The number of hydrogen-bond donors (Lipinski definition) is 1. The lowest BCUT2D eigenvalue weighted by molar-refractivity contribution is 0.300. The van der Waals surface area contributed by atoms with Crippen LogP contribution in [0.25, 0.3) is 0 Å². The first-order chi connectivity index (χ1) is 9.79. The number of unbranched alkanes of at least 4 members (excludes halogenated alkanes) is 1. The lowest BCUT2D eigenvalue weighted by Crippen LogP contribution is -2.09. The number of aromatic nitrogens is 1. The molecular formula is C16H22N2OS. The number of ether oxygens (including phenoxy) is 1. The van der Waals surface area contributed by atoms with Gasteiger partial charge in [-0.05, 0) is 17.9 Å². The summed E-state index contributed by atoms with van der Waals surface area (Å²) >= 11 is 1.60. The zero-order valence-corrected chi connectivity index (χ0v) is 13.0. The number of nitrogens with one attached hydrogen (secondary N) is 1. The van der Waals surface area contributed by atoms with Crippen LogP contribution in [0.1, 0.15) is 38.2 Å². The minimum absolute atomic E-state index is 0.463. The van der Waals surface area contributed by atoms with Gasteiger partial charge in [0.1, 0.15) is 0 Å². The molecule has 1 N–H and O–H groups in total. The van der Waals surface area contributed by atoms with Crippen LogP contribution in [0.4, 0.5) is 5.13 Å². The van der Waals surface area contributed by atoms with Gasteiger partial charge in [-0.15, -0.1) is 11.3 Å². The zero-order chi connectivity index (χ0) is 14.2. The Kier molecular flexibility index (Phi) is 5.87. The van der Waals surface area contributed by atoms with Crippen molar-refractivity contribution in [3.8, 4) is 5.88 Å². The van der Waals surface area contributed by atoms with E-state index in [1.54, 1.807) is 11.3 Å². The van der Waals surface area contributed by atoms with Gasteiger partial charge in [0.25, 0.3) is 0 Å². The Morgan fingerprint density at radius 1 is 1.30 bits per heavy atom. The van der Waals surface area contributed by atoms with E-state index in [-0.39, 0.29) is 0 Å². The smallest absolute Gasteiger partial charge is 0.226 e. The molecule has 0 aliphatic rings. The van der Waals surface area contributed by atoms with Crippen molar-refractivity contribution in [2.75, 3.05) is 18.5 Å². The molecule has 1 unspecified atom stereocenters. The maximum atomic E-state index is 5.58. The minimum Gasteiger partial charge on any atom is -0.477 e. The second kappa shape index (κ2) is 7.90. The molecule has 1 aromatic carbocycles. The Labute approximate surface area is 125 Å². The van der Waals surface area contributed by atoms with Crippen molar-refractivity contribution in [1.82, 2.24) is 4.98 Å². The molecule has 0 fully saturated rings. The van der Waals surface area contributed by atoms with Crippen molar-refractivity contribution in [3.63, 3.8) is 0 Å². The molecule has 0 amide bonds. The Hall–Kier alpha value is -1.55. The summed E-state index contributed by atoms with van der Waals surface area (Å²) in [5.74, 6) is 1.20. The molecule has 0 saturated heterocycles. The van der Waals surface area contributed by atoms with Gasteiger partial charge in [-0.1, -0.05) is 50.6 Å². The second-order valence-corrected chi connectivity index (χ2v) is 5.74. The monoisotopic (exact) mass is 290 g/mol. The number of anilines is 1. The van der Waals surface area contributed by atoms with E-state index in [1.165, 1.54) is 5.56 Å². The molecule has 0 aliphatic heterocycles. The summed E-state index contributed by atoms with van der Waals surface area (Å²) in [6.07, 6.45) is 2.22. The highest BCUT2D eigenvalue weighted by Crippen LogP contribution is 2.23. The van der Waals surface area contributed by atoms with Crippen LogP contribution >= 0.6 is 11.3 Å². The Bertz CT molecular complexity index is 498. The van der Waals surface area contributed by atoms with Crippen molar-refractivity contribution in [3.05, 3.63) is 41.3 Å². The first-order valence-corrected chi connectivity index (χ1v) is 8.04. The van der Waals surface area contributed by atoms with E-state index >= 15 is 0 Å².